The first-order valence-electron chi connectivity index (χ1n) is 5.20. The van der Waals surface area contributed by atoms with E-state index in [2.05, 4.69) is 5.32 Å². The molecule has 2 saturated carbocycles. The number of hydrogen-bond acceptors (Lipinski definition) is 3. The van der Waals surface area contributed by atoms with Gasteiger partial charge in [0.15, 0.2) is 0 Å². The molecule has 2 aliphatic carbocycles. The van der Waals surface area contributed by atoms with E-state index in [4.69, 9.17) is 9.84 Å². The third kappa shape index (κ3) is 1.73. The Morgan fingerprint density at radius 2 is 2.38 bits per heavy atom. The van der Waals surface area contributed by atoms with Gasteiger partial charge in [-0.05, 0) is 32.7 Å². The van der Waals surface area contributed by atoms with Crippen LogP contribution in [0.3, 0.4) is 0 Å². The second-order valence-corrected chi connectivity index (χ2v) is 4.38. The van der Waals surface area contributed by atoms with Crippen molar-refractivity contribution in [2.45, 2.75) is 37.8 Å². The minimum atomic E-state index is 0.155. The highest BCUT2D eigenvalue weighted by Gasteiger charge is 2.58. The standard InChI is InChI=1S/C10H19NO2/c1-11-8-2-3-10(6-8)7-9(10)13-5-4-12/h8-9,11-12H,2-7H2,1H3/t8-,9?,10?/m0/s1. The molecule has 3 atom stereocenters. The summed E-state index contributed by atoms with van der Waals surface area (Å²) in [7, 11) is 2.04. The highest BCUT2D eigenvalue weighted by atomic mass is 16.5. The van der Waals surface area contributed by atoms with Crippen LogP contribution in [0.15, 0.2) is 0 Å². The molecule has 3 heteroatoms. The van der Waals surface area contributed by atoms with Crippen LogP contribution in [-0.2, 0) is 4.74 Å². The second kappa shape index (κ2) is 3.56. The van der Waals surface area contributed by atoms with Crippen LogP contribution in [0.4, 0.5) is 0 Å². The molecular weight excluding hydrogens is 166 g/mol. The zero-order valence-electron chi connectivity index (χ0n) is 8.25. The van der Waals surface area contributed by atoms with Crippen molar-refractivity contribution in [2.75, 3.05) is 20.3 Å². The molecule has 0 radical (unpaired) electrons. The topological polar surface area (TPSA) is 41.5 Å². The fourth-order valence-electron chi connectivity index (χ4n) is 2.62. The average molecular weight is 185 g/mol. The molecule has 0 bridgehead atoms. The molecule has 2 aliphatic rings. The fraction of sp³-hybridized carbons (Fsp3) is 1.00. The summed E-state index contributed by atoms with van der Waals surface area (Å²) in [6, 6.07) is 0.697. The molecule has 0 aromatic heterocycles. The molecule has 0 aliphatic heterocycles. The lowest BCUT2D eigenvalue weighted by molar-refractivity contribution is 0.0592. The van der Waals surface area contributed by atoms with Gasteiger partial charge >= 0.3 is 0 Å². The summed E-state index contributed by atoms with van der Waals surface area (Å²) in [5.41, 5.74) is 0.489. The van der Waals surface area contributed by atoms with Crippen molar-refractivity contribution < 1.29 is 9.84 Å². The summed E-state index contributed by atoms with van der Waals surface area (Å²) in [4.78, 5) is 0. The Hall–Kier alpha value is -0.120. The predicted octanol–water partition coefficient (Wildman–Crippen LogP) is 0.526. The van der Waals surface area contributed by atoms with Crippen LogP contribution in [0.5, 0.6) is 0 Å². The zero-order valence-corrected chi connectivity index (χ0v) is 8.25. The fourth-order valence-corrected chi connectivity index (χ4v) is 2.62. The maximum absolute atomic E-state index is 8.63. The quantitative estimate of drug-likeness (QED) is 0.671. The van der Waals surface area contributed by atoms with Gasteiger partial charge in [-0.3, -0.25) is 0 Å². The van der Waals surface area contributed by atoms with Gasteiger partial charge in [0, 0.05) is 11.5 Å². The van der Waals surface area contributed by atoms with E-state index in [9.17, 15) is 0 Å². The number of nitrogens with one attached hydrogen (secondary N) is 1. The van der Waals surface area contributed by atoms with Crippen molar-refractivity contribution >= 4 is 0 Å². The van der Waals surface area contributed by atoms with Crippen LogP contribution in [0.1, 0.15) is 25.7 Å². The van der Waals surface area contributed by atoms with Gasteiger partial charge in [-0.15, -0.1) is 0 Å². The summed E-state index contributed by atoms with van der Waals surface area (Å²) in [5.74, 6) is 0. The molecule has 76 valence electrons. The predicted molar refractivity (Wildman–Crippen MR) is 50.6 cm³/mol. The lowest BCUT2D eigenvalue weighted by Crippen LogP contribution is -2.22. The largest absolute Gasteiger partial charge is 0.394 e. The van der Waals surface area contributed by atoms with Gasteiger partial charge in [0.25, 0.3) is 0 Å². The molecule has 2 unspecified atom stereocenters. The van der Waals surface area contributed by atoms with Crippen LogP contribution >= 0.6 is 0 Å². The van der Waals surface area contributed by atoms with E-state index in [0.29, 0.717) is 24.2 Å². The number of rotatable bonds is 4. The van der Waals surface area contributed by atoms with E-state index in [-0.39, 0.29) is 6.61 Å². The minimum absolute atomic E-state index is 0.155. The van der Waals surface area contributed by atoms with E-state index in [1.54, 1.807) is 0 Å². The molecule has 0 saturated heterocycles. The normalized spacial score (nSPS) is 42.9. The van der Waals surface area contributed by atoms with Crippen molar-refractivity contribution in [3.05, 3.63) is 0 Å². The average Bonchev–Trinajstić information content (AvgIpc) is 2.62. The molecular formula is C10H19NO2. The zero-order chi connectivity index (χ0) is 9.31. The Kier molecular flexibility index (Phi) is 2.58. The van der Waals surface area contributed by atoms with E-state index in [1.807, 2.05) is 7.05 Å². The Labute approximate surface area is 79.5 Å². The summed E-state index contributed by atoms with van der Waals surface area (Å²) >= 11 is 0. The van der Waals surface area contributed by atoms with E-state index < -0.39 is 0 Å². The van der Waals surface area contributed by atoms with Gasteiger partial charge in [0.2, 0.25) is 0 Å². The SMILES string of the molecule is CN[C@H]1CCC2(CC2OCCO)C1. The highest BCUT2D eigenvalue weighted by molar-refractivity contribution is 5.09. The Morgan fingerprint density at radius 3 is 3.00 bits per heavy atom. The van der Waals surface area contributed by atoms with Crippen LogP contribution in [-0.4, -0.2) is 37.5 Å². The second-order valence-electron chi connectivity index (χ2n) is 4.38. The molecule has 2 rings (SSSR count). The molecule has 0 amide bonds. The summed E-state index contributed by atoms with van der Waals surface area (Å²) in [6.45, 7) is 0.665. The Morgan fingerprint density at radius 1 is 1.54 bits per heavy atom. The Balaban J connectivity index is 1.77. The van der Waals surface area contributed by atoms with Crippen molar-refractivity contribution in [3.63, 3.8) is 0 Å². The third-order valence-electron chi connectivity index (χ3n) is 3.58. The smallest absolute Gasteiger partial charge is 0.0701 e. The number of ether oxygens (including phenoxy) is 1. The van der Waals surface area contributed by atoms with Crippen molar-refractivity contribution in [1.82, 2.24) is 5.32 Å². The monoisotopic (exact) mass is 185 g/mol. The lowest BCUT2D eigenvalue weighted by atomic mass is 10.1. The van der Waals surface area contributed by atoms with E-state index in [1.165, 1.54) is 25.7 Å². The van der Waals surface area contributed by atoms with E-state index in [0.717, 1.165) is 0 Å². The van der Waals surface area contributed by atoms with Gasteiger partial charge in [-0.1, -0.05) is 0 Å². The summed E-state index contributed by atoms with van der Waals surface area (Å²) in [5, 5.41) is 12.0. The molecule has 1 spiro atoms. The van der Waals surface area contributed by atoms with Crippen molar-refractivity contribution in [1.29, 1.82) is 0 Å². The number of aliphatic hydroxyl groups excluding tert-OH is 1. The van der Waals surface area contributed by atoms with Gasteiger partial charge in [-0.25, -0.2) is 0 Å². The highest BCUT2D eigenvalue weighted by Crippen LogP contribution is 2.59. The summed E-state index contributed by atoms with van der Waals surface area (Å²) in [6.07, 6.45) is 5.51. The number of aliphatic hydroxyl groups is 1. The first-order valence-corrected chi connectivity index (χ1v) is 5.20. The first kappa shape index (κ1) is 9.44. The van der Waals surface area contributed by atoms with Crippen LogP contribution < -0.4 is 5.32 Å². The van der Waals surface area contributed by atoms with Crippen molar-refractivity contribution in [3.8, 4) is 0 Å². The van der Waals surface area contributed by atoms with Crippen LogP contribution in [0.25, 0.3) is 0 Å². The molecule has 2 fully saturated rings. The molecule has 0 heterocycles. The van der Waals surface area contributed by atoms with Crippen LogP contribution in [0, 0.1) is 5.41 Å². The molecule has 2 N–H and O–H groups in total. The number of hydrogen-bond donors (Lipinski definition) is 2. The summed E-state index contributed by atoms with van der Waals surface area (Å²) < 4.78 is 5.55. The van der Waals surface area contributed by atoms with Crippen LogP contribution in [0.2, 0.25) is 0 Å². The van der Waals surface area contributed by atoms with Gasteiger partial charge in [0.05, 0.1) is 19.3 Å². The minimum Gasteiger partial charge on any atom is -0.394 e. The Bertz CT molecular complexity index is 186. The van der Waals surface area contributed by atoms with E-state index >= 15 is 0 Å². The maximum Gasteiger partial charge on any atom is 0.0701 e. The molecule has 0 aromatic carbocycles. The molecule has 0 aromatic rings. The van der Waals surface area contributed by atoms with Gasteiger partial charge < -0.3 is 15.2 Å². The maximum atomic E-state index is 8.63. The molecule has 3 nitrogen and oxygen atoms in total. The lowest BCUT2D eigenvalue weighted by Gasteiger charge is -2.10. The van der Waals surface area contributed by atoms with Gasteiger partial charge in [0.1, 0.15) is 0 Å². The van der Waals surface area contributed by atoms with Crippen molar-refractivity contribution in [2.24, 2.45) is 5.41 Å². The first-order chi connectivity index (χ1) is 6.30. The van der Waals surface area contributed by atoms with Gasteiger partial charge in [-0.2, -0.15) is 0 Å². The third-order valence-corrected chi connectivity index (χ3v) is 3.58. The molecule has 13 heavy (non-hydrogen) atoms.